The fourth-order valence-corrected chi connectivity index (χ4v) is 3.97. The molecule has 1 unspecified atom stereocenters. The van der Waals surface area contributed by atoms with E-state index in [0.29, 0.717) is 12.5 Å². The Bertz CT molecular complexity index is 810. The zero-order valence-electron chi connectivity index (χ0n) is 18.8. The molecule has 1 saturated heterocycles. The topological polar surface area (TPSA) is 57.5 Å². The minimum atomic E-state index is 0. The van der Waals surface area contributed by atoms with Gasteiger partial charge >= 0.3 is 0 Å². The van der Waals surface area contributed by atoms with E-state index < -0.39 is 0 Å². The summed E-state index contributed by atoms with van der Waals surface area (Å²) in [5, 5.41) is 11.6. The van der Waals surface area contributed by atoms with Crippen molar-refractivity contribution in [1.82, 2.24) is 25.3 Å². The van der Waals surface area contributed by atoms with Crippen LogP contribution >= 0.6 is 24.0 Å². The van der Waals surface area contributed by atoms with Crippen LogP contribution in [0.15, 0.2) is 35.3 Å². The monoisotopic (exact) mass is 524 g/mol. The lowest BCUT2D eigenvalue weighted by Crippen LogP contribution is -2.41. The maximum atomic E-state index is 4.85. The molecule has 1 aromatic carbocycles. The van der Waals surface area contributed by atoms with Crippen molar-refractivity contribution in [1.29, 1.82) is 0 Å². The first-order valence-electron chi connectivity index (χ1n) is 10.9. The lowest BCUT2D eigenvalue weighted by atomic mass is 10.1. The Morgan fingerprint density at radius 3 is 2.57 bits per heavy atom. The van der Waals surface area contributed by atoms with Crippen LogP contribution in [0.5, 0.6) is 0 Å². The molecule has 6 nitrogen and oxygen atoms in total. The molecule has 0 radical (unpaired) electrons. The normalized spacial score (nSPS) is 15.7. The van der Waals surface area contributed by atoms with Crippen molar-refractivity contribution in [2.24, 2.45) is 10.9 Å². The van der Waals surface area contributed by atoms with E-state index in [0.717, 1.165) is 42.7 Å². The third-order valence-corrected chi connectivity index (χ3v) is 5.37. The second-order valence-electron chi connectivity index (χ2n) is 8.16. The van der Waals surface area contributed by atoms with Gasteiger partial charge in [-0.2, -0.15) is 5.10 Å². The third kappa shape index (κ3) is 6.97. The summed E-state index contributed by atoms with van der Waals surface area (Å²) in [5.41, 5.74) is 4.43. The van der Waals surface area contributed by atoms with Crippen LogP contribution in [0.4, 0.5) is 0 Å². The minimum Gasteiger partial charge on any atom is -0.357 e. The molecule has 0 aliphatic carbocycles. The largest absolute Gasteiger partial charge is 0.357 e. The van der Waals surface area contributed by atoms with Crippen molar-refractivity contribution in [3.05, 3.63) is 47.3 Å². The first-order chi connectivity index (χ1) is 14.1. The predicted molar refractivity (Wildman–Crippen MR) is 136 cm³/mol. The molecule has 3 rings (SSSR count). The van der Waals surface area contributed by atoms with Crippen molar-refractivity contribution in [2.75, 3.05) is 32.7 Å². The Morgan fingerprint density at radius 1 is 1.17 bits per heavy atom. The van der Waals surface area contributed by atoms with Crippen LogP contribution in [0.25, 0.3) is 5.69 Å². The standard InChI is InChI=1S/C23H36N6.HI/c1-5-24-23(25-15-18(2)17-28-12-8-9-13-28)26-16-21-10-6-7-11-22(21)29-20(4)14-19(3)27-29;/h6-7,10-11,14,18H,5,8-9,12-13,15-17H2,1-4H3,(H2,24,25,26);1H. The van der Waals surface area contributed by atoms with Gasteiger partial charge in [0.05, 0.1) is 17.9 Å². The Kier molecular flexibility index (Phi) is 10.1. The fraction of sp³-hybridized carbons (Fsp3) is 0.565. The van der Waals surface area contributed by atoms with Gasteiger partial charge < -0.3 is 15.5 Å². The molecule has 0 bridgehead atoms. The van der Waals surface area contributed by atoms with E-state index >= 15 is 0 Å². The number of nitrogens with zero attached hydrogens (tertiary/aromatic N) is 4. The van der Waals surface area contributed by atoms with E-state index in [1.165, 1.54) is 31.5 Å². The average Bonchev–Trinajstić information content (AvgIpc) is 3.33. The molecule has 2 N–H and O–H groups in total. The highest BCUT2D eigenvalue weighted by Crippen LogP contribution is 2.18. The Hall–Kier alpha value is -1.61. The summed E-state index contributed by atoms with van der Waals surface area (Å²) in [4.78, 5) is 7.42. The van der Waals surface area contributed by atoms with Crippen LogP contribution in [-0.2, 0) is 6.54 Å². The number of nitrogens with one attached hydrogen (secondary N) is 2. The van der Waals surface area contributed by atoms with Crippen LogP contribution in [0.3, 0.4) is 0 Å². The highest BCUT2D eigenvalue weighted by Gasteiger charge is 2.15. The van der Waals surface area contributed by atoms with Gasteiger partial charge in [-0.15, -0.1) is 24.0 Å². The second-order valence-corrected chi connectivity index (χ2v) is 8.16. The number of aryl methyl sites for hydroxylation is 2. The molecule has 1 aliphatic rings. The molecule has 2 aromatic rings. The van der Waals surface area contributed by atoms with Gasteiger partial charge in [-0.3, -0.25) is 0 Å². The lowest BCUT2D eigenvalue weighted by Gasteiger charge is -2.21. The number of para-hydroxylation sites is 1. The number of hydrogen-bond acceptors (Lipinski definition) is 3. The first kappa shape index (κ1) is 24.7. The number of aliphatic imine (C=N–C) groups is 1. The Morgan fingerprint density at radius 2 is 1.90 bits per heavy atom. The summed E-state index contributed by atoms with van der Waals surface area (Å²) in [7, 11) is 0. The SMILES string of the molecule is CCNC(=NCc1ccccc1-n1nc(C)cc1C)NCC(C)CN1CCCC1.I. The van der Waals surface area contributed by atoms with E-state index in [1.54, 1.807) is 0 Å². The lowest BCUT2D eigenvalue weighted by molar-refractivity contribution is 0.287. The van der Waals surface area contributed by atoms with E-state index in [4.69, 9.17) is 4.99 Å². The Balaban J connectivity index is 0.00000320. The molecule has 0 amide bonds. The molecule has 1 atom stereocenters. The van der Waals surface area contributed by atoms with Gasteiger partial charge in [-0.25, -0.2) is 9.67 Å². The Labute approximate surface area is 198 Å². The minimum absolute atomic E-state index is 0. The third-order valence-electron chi connectivity index (χ3n) is 5.37. The maximum Gasteiger partial charge on any atom is 0.191 e. The molecule has 1 fully saturated rings. The van der Waals surface area contributed by atoms with Gasteiger partial charge in [0.1, 0.15) is 0 Å². The molecular formula is C23H37IN6. The summed E-state index contributed by atoms with van der Waals surface area (Å²) >= 11 is 0. The van der Waals surface area contributed by atoms with Crippen LogP contribution in [0.2, 0.25) is 0 Å². The molecular weight excluding hydrogens is 487 g/mol. The number of halogens is 1. The van der Waals surface area contributed by atoms with Crippen molar-refractivity contribution in [3.63, 3.8) is 0 Å². The van der Waals surface area contributed by atoms with E-state index in [2.05, 4.69) is 71.7 Å². The number of likely N-dealkylation sites (tertiary alicyclic amines) is 1. The number of rotatable bonds is 8. The number of benzene rings is 1. The van der Waals surface area contributed by atoms with E-state index in [9.17, 15) is 0 Å². The summed E-state index contributed by atoms with van der Waals surface area (Å²) in [5.74, 6) is 1.47. The van der Waals surface area contributed by atoms with Gasteiger partial charge in [-0.1, -0.05) is 25.1 Å². The smallest absolute Gasteiger partial charge is 0.191 e. The van der Waals surface area contributed by atoms with Gasteiger partial charge in [-0.05, 0) is 70.3 Å². The summed E-state index contributed by atoms with van der Waals surface area (Å²) in [6, 6.07) is 10.5. The van der Waals surface area contributed by atoms with Crippen molar-refractivity contribution >= 4 is 29.9 Å². The molecule has 1 aromatic heterocycles. The molecule has 0 saturated carbocycles. The van der Waals surface area contributed by atoms with Crippen LogP contribution in [0.1, 0.15) is 43.6 Å². The summed E-state index contributed by atoms with van der Waals surface area (Å²) in [6.07, 6.45) is 2.69. The second kappa shape index (κ2) is 12.3. The van der Waals surface area contributed by atoms with E-state index in [1.807, 2.05) is 11.6 Å². The number of aromatic nitrogens is 2. The van der Waals surface area contributed by atoms with Crippen molar-refractivity contribution < 1.29 is 0 Å². The number of guanidine groups is 1. The van der Waals surface area contributed by atoms with Crippen molar-refractivity contribution in [3.8, 4) is 5.69 Å². The maximum absolute atomic E-state index is 4.85. The molecule has 166 valence electrons. The fourth-order valence-electron chi connectivity index (χ4n) is 3.97. The predicted octanol–water partition coefficient (Wildman–Crippen LogP) is 3.89. The highest BCUT2D eigenvalue weighted by molar-refractivity contribution is 14.0. The average molecular weight is 524 g/mol. The van der Waals surface area contributed by atoms with Crippen LogP contribution in [-0.4, -0.2) is 53.4 Å². The molecule has 7 heteroatoms. The zero-order chi connectivity index (χ0) is 20.6. The molecule has 2 heterocycles. The quantitative estimate of drug-likeness (QED) is 0.313. The number of hydrogen-bond donors (Lipinski definition) is 2. The molecule has 0 spiro atoms. The molecule has 30 heavy (non-hydrogen) atoms. The van der Waals surface area contributed by atoms with Crippen LogP contribution < -0.4 is 10.6 Å². The summed E-state index contributed by atoms with van der Waals surface area (Å²) < 4.78 is 2.01. The van der Waals surface area contributed by atoms with Gasteiger partial charge in [0.2, 0.25) is 0 Å². The van der Waals surface area contributed by atoms with Crippen molar-refractivity contribution in [2.45, 2.75) is 47.1 Å². The van der Waals surface area contributed by atoms with Gasteiger partial charge in [0, 0.05) is 25.3 Å². The van der Waals surface area contributed by atoms with E-state index in [-0.39, 0.29) is 24.0 Å². The van der Waals surface area contributed by atoms with Gasteiger partial charge in [0.25, 0.3) is 0 Å². The highest BCUT2D eigenvalue weighted by atomic mass is 127. The van der Waals surface area contributed by atoms with Crippen LogP contribution in [0, 0.1) is 19.8 Å². The van der Waals surface area contributed by atoms with Gasteiger partial charge in [0.15, 0.2) is 5.96 Å². The molecule has 1 aliphatic heterocycles. The summed E-state index contributed by atoms with van der Waals surface area (Å²) in [6.45, 7) is 14.6. The zero-order valence-corrected chi connectivity index (χ0v) is 21.1. The first-order valence-corrected chi connectivity index (χ1v) is 10.9.